The standard InChI is InChI=1S/C13H13ClN2O/c14-12-10-3-1-2-4-11(10)15-13(16-12)9-5-7-17-8-6-9/h1-4,9H,5-8H2. The lowest BCUT2D eigenvalue weighted by molar-refractivity contribution is 0.0836. The zero-order valence-corrected chi connectivity index (χ0v) is 10.2. The number of nitrogens with zero attached hydrogens (tertiary/aromatic N) is 2. The van der Waals surface area contributed by atoms with E-state index in [0.29, 0.717) is 11.1 Å². The maximum atomic E-state index is 6.20. The lowest BCUT2D eigenvalue weighted by Crippen LogP contribution is -2.16. The van der Waals surface area contributed by atoms with E-state index in [2.05, 4.69) is 9.97 Å². The molecule has 0 saturated carbocycles. The summed E-state index contributed by atoms with van der Waals surface area (Å²) in [7, 11) is 0. The predicted octanol–water partition coefficient (Wildman–Crippen LogP) is 3.18. The Morgan fingerprint density at radius 1 is 1.12 bits per heavy atom. The summed E-state index contributed by atoms with van der Waals surface area (Å²) >= 11 is 6.20. The van der Waals surface area contributed by atoms with Crippen molar-refractivity contribution in [3.63, 3.8) is 0 Å². The van der Waals surface area contributed by atoms with Gasteiger partial charge in [-0.25, -0.2) is 9.97 Å². The molecule has 3 rings (SSSR count). The number of ether oxygens (including phenoxy) is 1. The molecule has 1 saturated heterocycles. The third-order valence-corrected chi connectivity index (χ3v) is 3.45. The molecular weight excluding hydrogens is 236 g/mol. The monoisotopic (exact) mass is 248 g/mol. The van der Waals surface area contributed by atoms with Gasteiger partial charge >= 0.3 is 0 Å². The van der Waals surface area contributed by atoms with Gasteiger partial charge in [-0.3, -0.25) is 0 Å². The van der Waals surface area contributed by atoms with Crippen molar-refractivity contribution in [2.75, 3.05) is 13.2 Å². The van der Waals surface area contributed by atoms with Gasteiger partial charge in [0.25, 0.3) is 0 Å². The molecule has 0 aliphatic carbocycles. The largest absolute Gasteiger partial charge is 0.381 e. The van der Waals surface area contributed by atoms with E-state index in [0.717, 1.165) is 42.8 Å². The first-order chi connectivity index (χ1) is 8.34. The number of aromatic nitrogens is 2. The van der Waals surface area contributed by atoms with Gasteiger partial charge in [-0.1, -0.05) is 23.7 Å². The first-order valence-electron chi connectivity index (χ1n) is 5.84. The van der Waals surface area contributed by atoms with Crippen LogP contribution in [0.15, 0.2) is 24.3 Å². The van der Waals surface area contributed by atoms with Crippen molar-refractivity contribution >= 4 is 22.5 Å². The van der Waals surface area contributed by atoms with E-state index in [4.69, 9.17) is 16.3 Å². The molecule has 1 aliphatic heterocycles. The number of para-hydroxylation sites is 1. The predicted molar refractivity (Wildman–Crippen MR) is 67.3 cm³/mol. The molecule has 17 heavy (non-hydrogen) atoms. The Kier molecular flexibility index (Phi) is 2.95. The molecule has 4 heteroatoms. The minimum absolute atomic E-state index is 0.380. The van der Waals surface area contributed by atoms with E-state index in [1.165, 1.54) is 0 Å². The van der Waals surface area contributed by atoms with Gasteiger partial charge in [-0.05, 0) is 25.0 Å². The molecule has 0 atom stereocenters. The van der Waals surface area contributed by atoms with Crippen molar-refractivity contribution in [1.82, 2.24) is 9.97 Å². The van der Waals surface area contributed by atoms with Crippen LogP contribution in [0.2, 0.25) is 5.15 Å². The Morgan fingerprint density at radius 3 is 2.71 bits per heavy atom. The highest BCUT2D eigenvalue weighted by atomic mass is 35.5. The maximum Gasteiger partial charge on any atom is 0.140 e. The number of hydrogen-bond acceptors (Lipinski definition) is 3. The number of benzene rings is 1. The van der Waals surface area contributed by atoms with E-state index < -0.39 is 0 Å². The van der Waals surface area contributed by atoms with Crippen LogP contribution < -0.4 is 0 Å². The van der Waals surface area contributed by atoms with Crippen LogP contribution in [0.5, 0.6) is 0 Å². The highest BCUT2D eigenvalue weighted by Crippen LogP contribution is 2.28. The molecular formula is C13H13ClN2O. The Bertz CT molecular complexity index is 538. The number of halogens is 1. The summed E-state index contributed by atoms with van der Waals surface area (Å²) in [4.78, 5) is 9.03. The van der Waals surface area contributed by atoms with Crippen LogP contribution in [0.3, 0.4) is 0 Å². The van der Waals surface area contributed by atoms with Gasteiger partial charge in [0, 0.05) is 24.5 Å². The Hall–Kier alpha value is -1.19. The second-order valence-electron chi connectivity index (χ2n) is 4.28. The quantitative estimate of drug-likeness (QED) is 0.727. The molecule has 0 amide bonds. The Balaban J connectivity index is 2.05. The van der Waals surface area contributed by atoms with Gasteiger partial charge in [0.2, 0.25) is 0 Å². The van der Waals surface area contributed by atoms with Crippen LogP contribution in [0.25, 0.3) is 10.9 Å². The van der Waals surface area contributed by atoms with Gasteiger partial charge in [-0.15, -0.1) is 0 Å². The van der Waals surface area contributed by atoms with Crippen molar-refractivity contribution in [1.29, 1.82) is 0 Å². The second kappa shape index (κ2) is 4.59. The van der Waals surface area contributed by atoms with Crippen molar-refractivity contribution in [3.05, 3.63) is 35.2 Å². The van der Waals surface area contributed by atoms with Gasteiger partial charge in [0.1, 0.15) is 11.0 Å². The average molecular weight is 249 g/mol. The van der Waals surface area contributed by atoms with Crippen LogP contribution >= 0.6 is 11.6 Å². The molecule has 0 spiro atoms. The normalized spacial score (nSPS) is 17.5. The summed E-state index contributed by atoms with van der Waals surface area (Å²) in [5, 5.41) is 1.47. The summed E-state index contributed by atoms with van der Waals surface area (Å²) in [6, 6.07) is 7.85. The van der Waals surface area contributed by atoms with Gasteiger partial charge < -0.3 is 4.74 Å². The average Bonchev–Trinajstić information content (AvgIpc) is 2.40. The fourth-order valence-corrected chi connectivity index (χ4v) is 2.44. The highest BCUT2D eigenvalue weighted by molar-refractivity contribution is 6.34. The molecule has 1 aliphatic rings. The molecule has 3 nitrogen and oxygen atoms in total. The first-order valence-corrected chi connectivity index (χ1v) is 6.22. The van der Waals surface area contributed by atoms with Crippen LogP contribution in [0, 0.1) is 0 Å². The molecule has 1 aromatic heterocycles. The topological polar surface area (TPSA) is 35.0 Å². The molecule has 1 fully saturated rings. The number of rotatable bonds is 1. The molecule has 0 radical (unpaired) electrons. The molecule has 88 valence electrons. The zero-order valence-electron chi connectivity index (χ0n) is 9.40. The summed E-state index contributed by atoms with van der Waals surface area (Å²) in [5.74, 6) is 1.24. The molecule has 0 unspecified atom stereocenters. The van der Waals surface area contributed by atoms with Crippen molar-refractivity contribution in [2.24, 2.45) is 0 Å². The van der Waals surface area contributed by atoms with Crippen molar-refractivity contribution < 1.29 is 4.74 Å². The number of hydrogen-bond donors (Lipinski definition) is 0. The molecule has 1 aromatic carbocycles. The van der Waals surface area contributed by atoms with E-state index >= 15 is 0 Å². The third kappa shape index (κ3) is 2.13. The number of fused-ring (bicyclic) bond motifs is 1. The van der Waals surface area contributed by atoms with Gasteiger partial charge in [0.05, 0.1) is 5.52 Å². The second-order valence-corrected chi connectivity index (χ2v) is 4.63. The van der Waals surface area contributed by atoms with Crippen molar-refractivity contribution in [2.45, 2.75) is 18.8 Å². The summed E-state index contributed by atoms with van der Waals surface area (Å²) in [6.45, 7) is 1.58. The molecule has 0 bridgehead atoms. The van der Waals surface area contributed by atoms with E-state index in [1.54, 1.807) is 0 Å². The van der Waals surface area contributed by atoms with Crippen molar-refractivity contribution in [3.8, 4) is 0 Å². The summed E-state index contributed by atoms with van der Waals surface area (Å²) in [6.07, 6.45) is 1.96. The first kappa shape index (κ1) is 10.9. The molecule has 2 heterocycles. The van der Waals surface area contributed by atoms with Gasteiger partial charge in [0.15, 0.2) is 0 Å². The molecule has 0 N–H and O–H groups in total. The fourth-order valence-electron chi connectivity index (χ4n) is 2.19. The van der Waals surface area contributed by atoms with Crippen LogP contribution in [-0.2, 0) is 4.74 Å². The van der Waals surface area contributed by atoms with E-state index in [9.17, 15) is 0 Å². The van der Waals surface area contributed by atoms with Gasteiger partial charge in [-0.2, -0.15) is 0 Å². The third-order valence-electron chi connectivity index (χ3n) is 3.16. The lowest BCUT2D eigenvalue weighted by atomic mass is 9.99. The Morgan fingerprint density at radius 2 is 1.88 bits per heavy atom. The Labute approximate surface area is 105 Å². The van der Waals surface area contributed by atoms with E-state index in [-0.39, 0.29) is 0 Å². The SMILES string of the molecule is Clc1nc(C2CCOCC2)nc2ccccc12. The van der Waals surface area contributed by atoms with Crippen LogP contribution in [0.1, 0.15) is 24.6 Å². The van der Waals surface area contributed by atoms with E-state index in [1.807, 2.05) is 24.3 Å². The summed E-state index contributed by atoms with van der Waals surface area (Å²) < 4.78 is 5.35. The lowest BCUT2D eigenvalue weighted by Gasteiger charge is -2.21. The summed E-state index contributed by atoms with van der Waals surface area (Å²) in [5.41, 5.74) is 0.925. The minimum Gasteiger partial charge on any atom is -0.381 e. The molecule has 2 aromatic rings. The zero-order chi connectivity index (χ0) is 11.7. The van der Waals surface area contributed by atoms with Crippen LogP contribution in [-0.4, -0.2) is 23.2 Å². The maximum absolute atomic E-state index is 6.20. The fraction of sp³-hybridized carbons (Fsp3) is 0.385. The highest BCUT2D eigenvalue weighted by Gasteiger charge is 2.19. The van der Waals surface area contributed by atoms with Crippen LogP contribution in [0.4, 0.5) is 0 Å². The smallest absolute Gasteiger partial charge is 0.140 e. The minimum atomic E-state index is 0.380.